The minimum atomic E-state index is -0.394. The molecule has 0 saturated carbocycles. The zero-order valence-corrected chi connectivity index (χ0v) is 10.0. The number of likely N-dealkylation sites (N-methyl/N-ethyl adjacent to an activating group) is 1. The lowest BCUT2D eigenvalue weighted by Crippen LogP contribution is -2.56. The molecule has 1 aliphatic rings. The lowest BCUT2D eigenvalue weighted by Gasteiger charge is -2.38. The second kappa shape index (κ2) is 5.29. The molecule has 1 unspecified atom stereocenters. The fourth-order valence-corrected chi connectivity index (χ4v) is 2.16. The first-order valence-electron chi connectivity index (χ1n) is 5.86. The zero-order valence-electron chi connectivity index (χ0n) is 10.0. The number of piperazine rings is 1. The summed E-state index contributed by atoms with van der Waals surface area (Å²) < 4.78 is 0. The Bertz CT molecular complexity index is 380. The molecule has 1 aliphatic heterocycles. The van der Waals surface area contributed by atoms with Gasteiger partial charge >= 0.3 is 0 Å². The van der Waals surface area contributed by atoms with Crippen molar-refractivity contribution >= 4 is 5.91 Å². The van der Waals surface area contributed by atoms with Gasteiger partial charge in [-0.25, -0.2) is 0 Å². The van der Waals surface area contributed by atoms with Crippen LogP contribution in [0.15, 0.2) is 30.3 Å². The number of carbonyl (C=O) groups excluding carboxylic acids is 1. The van der Waals surface area contributed by atoms with Crippen LogP contribution in [0.1, 0.15) is 5.56 Å². The van der Waals surface area contributed by atoms with Crippen LogP contribution in [-0.4, -0.2) is 53.6 Å². The van der Waals surface area contributed by atoms with Gasteiger partial charge in [0.05, 0.1) is 6.61 Å². The molecule has 2 rings (SSSR count). The molecule has 1 atom stereocenters. The van der Waals surface area contributed by atoms with Gasteiger partial charge in [0.2, 0.25) is 5.91 Å². The van der Waals surface area contributed by atoms with Crippen molar-refractivity contribution < 1.29 is 9.90 Å². The van der Waals surface area contributed by atoms with Gasteiger partial charge in [-0.3, -0.25) is 9.69 Å². The minimum absolute atomic E-state index is 0.00896. The molecule has 0 aromatic heterocycles. The maximum absolute atomic E-state index is 11.9. The first-order valence-corrected chi connectivity index (χ1v) is 5.86. The van der Waals surface area contributed by atoms with Crippen molar-refractivity contribution in [3.8, 4) is 0 Å². The summed E-state index contributed by atoms with van der Waals surface area (Å²) in [6, 6.07) is 9.63. The number of aliphatic hydroxyl groups excluding tert-OH is 1. The predicted octanol–water partition coefficient (Wildman–Crippen LogP) is 0.321. The summed E-state index contributed by atoms with van der Waals surface area (Å²) in [7, 11) is 1.78. The fraction of sp³-hybridized carbons (Fsp3) is 0.462. The van der Waals surface area contributed by atoms with E-state index in [0.717, 1.165) is 13.1 Å². The Labute approximate surface area is 101 Å². The highest BCUT2D eigenvalue weighted by Gasteiger charge is 2.32. The molecule has 0 aliphatic carbocycles. The van der Waals surface area contributed by atoms with Crippen molar-refractivity contribution in [3.05, 3.63) is 35.9 Å². The smallest absolute Gasteiger partial charge is 0.242 e. The van der Waals surface area contributed by atoms with E-state index in [1.807, 2.05) is 35.2 Å². The van der Waals surface area contributed by atoms with E-state index >= 15 is 0 Å². The summed E-state index contributed by atoms with van der Waals surface area (Å²) in [6.07, 6.45) is 0. The quantitative estimate of drug-likeness (QED) is 0.819. The van der Waals surface area contributed by atoms with Gasteiger partial charge in [-0.2, -0.15) is 0 Å². The molecule has 4 heteroatoms. The Morgan fingerprint density at radius 1 is 1.29 bits per heavy atom. The molecule has 1 aromatic carbocycles. The molecule has 0 bridgehead atoms. The van der Waals surface area contributed by atoms with Crippen LogP contribution in [0.3, 0.4) is 0 Å². The zero-order chi connectivity index (χ0) is 12.3. The second-order valence-corrected chi connectivity index (χ2v) is 4.41. The Balaban J connectivity index is 2.07. The van der Waals surface area contributed by atoms with Crippen LogP contribution >= 0.6 is 0 Å². The molecule has 1 N–H and O–H groups in total. The third-order valence-electron chi connectivity index (χ3n) is 3.23. The SMILES string of the molecule is CN1CCN(Cc2ccccc2)C(CO)C1=O. The highest BCUT2D eigenvalue weighted by molar-refractivity contribution is 5.82. The van der Waals surface area contributed by atoms with E-state index in [0.29, 0.717) is 6.54 Å². The highest BCUT2D eigenvalue weighted by atomic mass is 16.3. The van der Waals surface area contributed by atoms with Crippen molar-refractivity contribution in [2.24, 2.45) is 0 Å². The average molecular weight is 234 g/mol. The third-order valence-corrected chi connectivity index (χ3v) is 3.23. The molecule has 17 heavy (non-hydrogen) atoms. The van der Waals surface area contributed by atoms with E-state index < -0.39 is 6.04 Å². The number of hydrogen-bond acceptors (Lipinski definition) is 3. The summed E-state index contributed by atoms with van der Waals surface area (Å²) in [6.45, 7) is 2.13. The number of nitrogens with zero attached hydrogens (tertiary/aromatic N) is 2. The largest absolute Gasteiger partial charge is 0.394 e. The fourth-order valence-electron chi connectivity index (χ4n) is 2.16. The molecule has 1 fully saturated rings. The molecule has 1 amide bonds. The topological polar surface area (TPSA) is 43.8 Å². The van der Waals surface area contributed by atoms with Crippen LogP contribution in [0.2, 0.25) is 0 Å². The summed E-state index contributed by atoms with van der Waals surface area (Å²) in [5.41, 5.74) is 1.17. The lowest BCUT2D eigenvalue weighted by molar-refractivity contribution is -0.142. The minimum Gasteiger partial charge on any atom is -0.394 e. The molecular weight excluding hydrogens is 216 g/mol. The predicted molar refractivity (Wildman–Crippen MR) is 65.4 cm³/mol. The number of carbonyl (C=O) groups is 1. The van der Waals surface area contributed by atoms with E-state index in [9.17, 15) is 9.90 Å². The van der Waals surface area contributed by atoms with Crippen LogP contribution in [-0.2, 0) is 11.3 Å². The van der Waals surface area contributed by atoms with Crippen molar-refractivity contribution in [1.82, 2.24) is 9.80 Å². The van der Waals surface area contributed by atoms with Crippen molar-refractivity contribution in [2.75, 3.05) is 26.7 Å². The van der Waals surface area contributed by atoms with Crippen molar-refractivity contribution in [3.63, 3.8) is 0 Å². The summed E-state index contributed by atoms with van der Waals surface area (Å²) >= 11 is 0. The Kier molecular flexibility index (Phi) is 3.76. The molecule has 4 nitrogen and oxygen atoms in total. The van der Waals surface area contributed by atoms with Gasteiger partial charge in [0.1, 0.15) is 6.04 Å². The maximum atomic E-state index is 11.9. The van der Waals surface area contributed by atoms with Gasteiger partial charge in [0, 0.05) is 26.7 Å². The van der Waals surface area contributed by atoms with Crippen molar-refractivity contribution in [1.29, 1.82) is 0 Å². The summed E-state index contributed by atoms with van der Waals surface area (Å²) in [5.74, 6) is 0.00896. The van der Waals surface area contributed by atoms with Crippen LogP contribution < -0.4 is 0 Å². The monoisotopic (exact) mass is 234 g/mol. The molecule has 1 aromatic rings. The molecule has 1 heterocycles. The second-order valence-electron chi connectivity index (χ2n) is 4.41. The number of hydrogen-bond donors (Lipinski definition) is 1. The van der Waals surface area contributed by atoms with E-state index in [1.165, 1.54) is 5.56 Å². The first-order chi connectivity index (χ1) is 8.22. The van der Waals surface area contributed by atoms with Gasteiger partial charge in [0.15, 0.2) is 0 Å². The van der Waals surface area contributed by atoms with Gasteiger partial charge < -0.3 is 10.0 Å². The third kappa shape index (κ3) is 2.65. The lowest BCUT2D eigenvalue weighted by atomic mass is 10.1. The van der Waals surface area contributed by atoms with E-state index in [-0.39, 0.29) is 12.5 Å². The van der Waals surface area contributed by atoms with E-state index in [2.05, 4.69) is 0 Å². The average Bonchev–Trinajstić information content (AvgIpc) is 2.36. The van der Waals surface area contributed by atoms with Crippen molar-refractivity contribution in [2.45, 2.75) is 12.6 Å². The molecular formula is C13H18N2O2. The van der Waals surface area contributed by atoms with Crippen LogP contribution in [0.5, 0.6) is 0 Å². The highest BCUT2D eigenvalue weighted by Crippen LogP contribution is 2.13. The normalized spacial score (nSPS) is 21.9. The van der Waals surface area contributed by atoms with Gasteiger partial charge in [0.25, 0.3) is 0 Å². The van der Waals surface area contributed by atoms with Gasteiger partial charge in [-0.1, -0.05) is 30.3 Å². The van der Waals surface area contributed by atoms with Crippen LogP contribution in [0, 0.1) is 0 Å². The van der Waals surface area contributed by atoms with Gasteiger partial charge in [-0.05, 0) is 5.56 Å². The van der Waals surface area contributed by atoms with Gasteiger partial charge in [-0.15, -0.1) is 0 Å². The Morgan fingerprint density at radius 3 is 2.65 bits per heavy atom. The number of aliphatic hydroxyl groups is 1. The molecule has 0 spiro atoms. The van der Waals surface area contributed by atoms with E-state index in [1.54, 1.807) is 11.9 Å². The standard InChI is InChI=1S/C13H18N2O2/c1-14-7-8-15(12(10-16)13(14)17)9-11-5-3-2-4-6-11/h2-6,12,16H,7-10H2,1H3. The number of amides is 1. The molecule has 0 radical (unpaired) electrons. The Morgan fingerprint density at radius 2 is 2.00 bits per heavy atom. The maximum Gasteiger partial charge on any atom is 0.242 e. The van der Waals surface area contributed by atoms with Crippen LogP contribution in [0.25, 0.3) is 0 Å². The van der Waals surface area contributed by atoms with E-state index in [4.69, 9.17) is 0 Å². The Hall–Kier alpha value is -1.39. The summed E-state index contributed by atoms with van der Waals surface area (Å²) in [5, 5.41) is 9.34. The number of benzene rings is 1. The molecule has 92 valence electrons. The first kappa shape index (κ1) is 12.1. The van der Waals surface area contributed by atoms with Crippen LogP contribution in [0.4, 0.5) is 0 Å². The number of rotatable bonds is 3. The summed E-state index contributed by atoms with van der Waals surface area (Å²) in [4.78, 5) is 15.6. The molecule has 1 saturated heterocycles.